The lowest BCUT2D eigenvalue weighted by molar-refractivity contribution is 0.178. The van der Waals surface area contributed by atoms with E-state index in [0.717, 1.165) is 49.3 Å². The number of hydrogen-bond donors (Lipinski definition) is 2. The summed E-state index contributed by atoms with van der Waals surface area (Å²) in [5.41, 5.74) is 1.61. The van der Waals surface area contributed by atoms with Crippen molar-refractivity contribution in [1.29, 1.82) is 0 Å². The van der Waals surface area contributed by atoms with Gasteiger partial charge in [0.25, 0.3) is 0 Å². The maximum absolute atomic E-state index is 6.40. The van der Waals surface area contributed by atoms with Gasteiger partial charge in [0.2, 0.25) is 0 Å². The van der Waals surface area contributed by atoms with E-state index in [4.69, 9.17) is 21.1 Å². The van der Waals surface area contributed by atoms with Crippen molar-refractivity contribution in [3.63, 3.8) is 0 Å². The van der Waals surface area contributed by atoms with Crippen LogP contribution in [-0.2, 0) is 17.8 Å². The van der Waals surface area contributed by atoms with Crippen molar-refractivity contribution in [2.75, 3.05) is 24.9 Å². The second-order valence-electron chi connectivity index (χ2n) is 6.81. The molecule has 28 heavy (non-hydrogen) atoms. The van der Waals surface area contributed by atoms with Crippen LogP contribution in [0, 0.1) is 0 Å². The summed E-state index contributed by atoms with van der Waals surface area (Å²) in [7, 11) is 3.26. The van der Waals surface area contributed by atoms with Gasteiger partial charge in [-0.15, -0.1) is 0 Å². The van der Waals surface area contributed by atoms with Gasteiger partial charge < -0.3 is 20.1 Å². The molecule has 0 amide bonds. The first-order chi connectivity index (χ1) is 13.7. The third-order valence-electron chi connectivity index (χ3n) is 4.97. The van der Waals surface area contributed by atoms with Crippen molar-refractivity contribution in [3.8, 4) is 5.75 Å². The van der Waals surface area contributed by atoms with Gasteiger partial charge in [-0.05, 0) is 32.1 Å². The summed E-state index contributed by atoms with van der Waals surface area (Å²) in [6.45, 7) is 2.42. The second-order valence-corrected chi connectivity index (χ2v) is 7.19. The fourth-order valence-electron chi connectivity index (χ4n) is 3.49. The van der Waals surface area contributed by atoms with Crippen molar-refractivity contribution < 1.29 is 9.47 Å². The maximum atomic E-state index is 6.40. The van der Waals surface area contributed by atoms with E-state index in [1.165, 1.54) is 6.33 Å². The summed E-state index contributed by atoms with van der Waals surface area (Å²) < 4.78 is 10.7. The lowest BCUT2D eigenvalue weighted by Crippen LogP contribution is -2.33. The Hall–Kier alpha value is -2.19. The molecule has 2 N–H and O–H groups in total. The molecule has 0 unspecified atom stereocenters. The van der Waals surface area contributed by atoms with Crippen molar-refractivity contribution in [1.82, 2.24) is 19.9 Å². The second kappa shape index (κ2) is 9.84. The molecule has 8 nitrogen and oxygen atoms in total. The summed E-state index contributed by atoms with van der Waals surface area (Å²) in [6.07, 6.45) is 7.93. The Balaban J connectivity index is 1.58. The van der Waals surface area contributed by atoms with Gasteiger partial charge in [-0.2, -0.15) is 0 Å². The number of anilines is 2. The van der Waals surface area contributed by atoms with Crippen LogP contribution in [0.2, 0.25) is 5.02 Å². The Kier molecular flexibility index (Phi) is 7.22. The highest BCUT2D eigenvalue weighted by Crippen LogP contribution is 2.31. The largest absolute Gasteiger partial charge is 0.491 e. The minimum absolute atomic E-state index is 0.323. The fraction of sp³-hybridized carbons (Fsp3) is 0.579. The van der Waals surface area contributed by atoms with Gasteiger partial charge in [0, 0.05) is 19.2 Å². The quantitative estimate of drug-likeness (QED) is 0.688. The first-order valence-corrected chi connectivity index (χ1v) is 9.93. The van der Waals surface area contributed by atoms with Crippen LogP contribution in [-0.4, -0.2) is 46.2 Å². The molecule has 0 bridgehead atoms. The van der Waals surface area contributed by atoms with Crippen LogP contribution in [0.3, 0.4) is 0 Å². The number of aromatic nitrogens is 4. The highest BCUT2D eigenvalue weighted by molar-refractivity contribution is 6.33. The molecule has 0 atom stereocenters. The zero-order chi connectivity index (χ0) is 19.9. The van der Waals surface area contributed by atoms with E-state index in [1.54, 1.807) is 20.5 Å². The molecule has 0 radical (unpaired) electrons. The Morgan fingerprint density at radius 3 is 2.07 bits per heavy atom. The van der Waals surface area contributed by atoms with Gasteiger partial charge in [0.15, 0.2) is 11.6 Å². The molecule has 2 aromatic rings. The molecule has 0 spiro atoms. The number of nitrogens with one attached hydrogen (secondary N) is 2. The average Bonchev–Trinajstić information content (AvgIpc) is 2.71. The van der Waals surface area contributed by atoms with Crippen LogP contribution in [0.15, 0.2) is 12.7 Å². The van der Waals surface area contributed by atoms with Crippen molar-refractivity contribution in [3.05, 3.63) is 29.1 Å². The van der Waals surface area contributed by atoms with Crippen LogP contribution >= 0.6 is 11.6 Å². The minimum atomic E-state index is 0.323. The first-order valence-electron chi connectivity index (χ1n) is 9.55. The SMILES string of the molecule is CCc1ncnc(NC2CCC(Nc3ncnc(COC)c3OC)CC2)c1Cl. The molecule has 2 aromatic heterocycles. The molecule has 9 heteroatoms. The topological polar surface area (TPSA) is 94.1 Å². The smallest absolute Gasteiger partial charge is 0.185 e. The molecule has 3 rings (SSSR count). The van der Waals surface area contributed by atoms with E-state index >= 15 is 0 Å². The fourth-order valence-corrected chi connectivity index (χ4v) is 3.78. The van der Waals surface area contributed by atoms with Gasteiger partial charge in [-0.1, -0.05) is 18.5 Å². The highest BCUT2D eigenvalue weighted by atomic mass is 35.5. The van der Waals surface area contributed by atoms with Gasteiger partial charge in [-0.3, -0.25) is 0 Å². The molecule has 1 saturated carbocycles. The number of halogens is 1. The molecule has 1 aliphatic rings. The predicted molar refractivity (Wildman–Crippen MR) is 109 cm³/mol. The lowest BCUT2D eigenvalue weighted by Gasteiger charge is -2.30. The third-order valence-corrected chi connectivity index (χ3v) is 5.37. The molecule has 152 valence electrons. The Morgan fingerprint density at radius 2 is 1.50 bits per heavy atom. The van der Waals surface area contributed by atoms with E-state index in [-0.39, 0.29) is 0 Å². The number of methoxy groups -OCH3 is 2. The Bertz CT molecular complexity index is 783. The van der Waals surface area contributed by atoms with Crippen LogP contribution in [0.25, 0.3) is 0 Å². The van der Waals surface area contributed by atoms with Gasteiger partial charge in [0.1, 0.15) is 29.2 Å². The molecule has 0 saturated heterocycles. The summed E-state index contributed by atoms with van der Waals surface area (Å²) in [6, 6.07) is 0.663. The maximum Gasteiger partial charge on any atom is 0.185 e. The molecule has 1 fully saturated rings. The van der Waals surface area contributed by atoms with E-state index in [9.17, 15) is 0 Å². The zero-order valence-corrected chi connectivity index (χ0v) is 17.3. The number of rotatable bonds is 8. The van der Waals surface area contributed by atoms with Crippen molar-refractivity contribution in [2.24, 2.45) is 0 Å². The Labute approximate surface area is 170 Å². The monoisotopic (exact) mass is 406 g/mol. The third kappa shape index (κ3) is 4.80. The molecule has 1 aliphatic carbocycles. The number of ether oxygens (including phenoxy) is 2. The standard InChI is InChI=1S/C19H27ClN6O2/c1-4-14-16(20)18(23-10-21-14)25-12-5-7-13(8-6-12)26-19-17(28-3)15(9-27-2)22-11-24-19/h10-13H,4-9H2,1-3H3,(H,21,23,25)(H,22,24,26). The van der Waals surface area contributed by atoms with E-state index in [1.807, 2.05) is 6.92 Å². The predicted octanol–water partition coefficient (Wildman–Crippen LogP) is 3.47. The number of hydrogen-bond acceptors (Lipinski definition) is 8. The summed E-state index contributed by atoms with van der Waals surface area (Å²) in [4.78, 5) is 17.1. The van der Waals surface area contributed by atoms with Gasteiger partial charge in [0.05, 0.1) is 19.4 Å². The van der Waals surface area contributed by atoms with Crippen molar-refractivity contribution in [2.45, 2.75) is 57.7 Å². The number of nitrogens with zero attached hydrogens (tertiary/aromatic N) is 4. The van der Waals surface area contributed by atoms with Crippen molar-refractivity contribution >= 4 is 23.2 Å². The van der Waals surface area contributed by atoms with Crippen LogP contribution < -0.4 is 15.4 Å². The molecular weight excluding hydrogens is 380 g/mol. The van der Waals surface area contributed by atoms with Crippen LogP contribution in [0.5, 0.6) is 5.75 Å². The summed E-state index contributed by atoms with van der Waals surface area (Å²) in [5, 5.41) is 7.61. The van der Waals surface area contributed by atoms with E-state index in [0.29, 0.717) is 35.3 Å². The van der Waals surface area contributed by atoms with E-state index < -0.39 is 0 Å². The Morgan fingerprint density at radius 1 is 0.929 bits per heavy atom. The van der Waals surface area contributed by atoms with Crippen LogP contribution in [0.1, 0.15) is 44.0 Å². The zero-order valence-electron chi connectivity index (χ0n) is 16.5. The first kappa shape index (κ1) is 20.5. The van der Waals surface area contributed by atoms with Crippen LogP contribution in [0.4, 0.5) is 11.6 Å². The molecule has 2 heterocycles. The molecule has 0 aromatic carbocycles. The lowest BCUT2D eigenvalue weighted by atomic mass is 9.91. The summed E-state index contributed by atoms with van der Waals surface area (Å²) in [5.74, 6) is 2.09. The number of aryl methyl sites for hydroxylation is 1. The van der Waals surface area contributed by atoms with E-state index in [2.05, 4.69) is 30.6 Å². The average molecular weight is 407 g/mol. The molecule has 0 aliphatic heterocycles. The summed E-state index contributed by atoms with van der Waals surface area (Å²) >= 11 is 6.40. The van der Waals surface area contributed by atoms with Gasteiger partial charge in [-0.25, -0.2) is 19.9 Å². The van der Waals surface area contributed by atoms with Gasteiger partial charge >= 0.3 is 0 Å². The molecular formula is C19H27ClN6O2. The normalized spacial score (nSPS) is 19.3. The minimum Gasteiger partial charge on any atom is -0.491 e. The highest BCUT2D eigenvalue weighted by Gasteiger charge is 2.24.